The minimum Gasteiger partial charge on any atom is -0.497 e. The molecular formula is C25H20ClFN2O2. The quantitative estimate of drug-likeness (QED) is 0.386. The third kappa shape index (κ3) is 5.71. The minimum atomic E-state index is -0.541. The van der Waals surface area contributed by atoms with E-state index in [0.29, 0.717) is 28.4 Å². The normalized spacial score (nSPS) is 11.0. The summed E-state index contributed by atoms with van der Waals surface area (Å²) >= 11 is 6.01. The molecule has 0 aromatic heterocycles. The molecule has 4 nitrogen and oxygen atoms in total. The number of hydrogen-bond acceptors (Lipinski definition) is 3. The monoisotopic (exact) mass is 434 g/mol. The number of hydrogen-bond donors (Lipinski definition) is 1. The Balaban J connectivity index is 1.95. The molecule has 0 saturated heterocycles. The van der Waals surface area contributed by atoms with E-state index in [-0.39, 0.29) is 11.4 Å². The van der Waals surface area contributed by atoms with Gasteiger partial charge in [0.25, 0.3) is 5.91 Å². The van der Waals surface area contributed by atoms with Crippen LogP contribution in [0.2, 0.25) is 5.02 Å². The lowest BCUT2D eigenvalue weighted by atomic mass is 9.97. The van der Waals surface area contributed by atoms with Gasteiger partial charge in [-0.1, -0.05) is 35.9 Å². The molecule has 3 rings (SSSR count). The number of benzene rings is 3. The second-order valence-corrected chi connectivity index (χ2v) is 7.39. The fraction of sp³-hybridized carbons (Fsp3) is 0.120. The zero-order valence-electron chi connectivity index (χ0n) is 17.1. The first kappa shape index (κ1) is 22.1. The summed E-state index contributed by atoms with van der Waals surface area (Å²) in [6, 6.07) is 18.7. The summed E-state index contributed by atoms with van der Waals surface area (Å²) in [5.74, 6) is -0.243. The summed E-state index contributed by atoms with van der Waals surface area (Å²) in [4.78, 5) is 12.7. The highest BCUT2D eigenvalue weighted by atomic mass is 35.5. The molecule has 6 heteroatoms. The predicted octanol–water partition coefficient (Wildman–Crippen LogP) is 5.93. The van der Waals surface area contributed by atoms with E-state index < -0.39 is 5.91 Å². The number of methoxy groups -OCH3 is 1. The molecule has 0 radical (unpaired) electrons. The number of nitriles is 1. The fourth-order valence-electron chi connectivity index (χ4n) is 3.09. The van der Waals surface area contributed by atoms with Crippen LogP contribution < -0.4 is 10.1 Å². The summed E-state index contributed by atoms with van der Waals surface area (Å²) in [7, 11) is 1.55. The summed E-state index contributed by atoms with van der Waals surface area (Å²) in [5, 5.41) is 12.8. The number of amides is 1. The molecule has 0 unspecified atom stereocenters. The van der Waals surface area contributed by atoms with Gasteiger partial charge in [0.05, 0.1) is 7.11 Å². The Bertz CT molecular complexity index is 1200. The van der Waals surface area contributed by atoms with E-state index in [1.807, 2.05) is 25.1 Å². The van der Waals surface area contributed by atoms with Crippen LogP contribution in [0.25, 0.3) is 6.08 Å². The molecule has 31 heavy (non-hydrogen) atoms. The number of carbonyl (C=O) groups excluding carboxylic acids is 1. The molecular weight excluding hydrogens is 415 g/mol. The van der Waals surface area contributed by atoms with Gasteiger partial charge in [0.1, 0.15) is 23.2 Å². The number of nitrogens with one attached hydrogen (secondary N) is 1. The third-order valence-corrected chi connectivity index (χ3v) is 4.98. The summed E-state index contributed by atoms with van der Waals surface area (Å²) < 4.78 is 18.9. The molecule has 0 saturated carbocycles. The smallest absolute Gasteiger partial charge is 0.266 e. The topological polar surface area (TPSA) is 62.1 Å². The number of ether oxygens (including phenoxy) is 1. The Kier molecular flexibility index (Phi) is 7.07. The number of rotatable bonds is 6. The van der Waals surface area contributed by atoms with Crippen LogP contribution >= 0.6 is 11.6 Å². The van der Waals surface area contributed by atoms with Gasteiger partial charge >= 0.3 is 0 Å². The second-order valence-electron chi connectivity index (χ2n) is 6.95. The second kappa shape index (κ2) is 9.92. The maximum Gasteiger partial charge on any atom is 0.266 e. The minimum absolute atomic E-state index is 0.0648. The average molecular weight is 435 g/mol. The Morgan fingerprint density at radius 3 is 2.71 bits per heavy atom. The molecule has 3 aromatic rings. The van der Waals surface area contributed by atoms with Crippen LogP contribution in [-0.2, 0) is 11.2 Å². The van der Waals surface area contributed by atoms with Gasteiger partial charge in [0, 0.05) is 10.7 Å². The van der Waals surface area contributed by atoms with Gasteiger partial charge in [-0.25, -0.2) is 4.39 Å². The van der Waals surface area contributed by atoms with Crippen molar-refractivity contribution in [2.24, 2.45) is 0 Å². The van der Waals surface area contributed by atoms with Gasteiger partial charge in [-0.15, -0.1) is 0 Å². The highest BCUT2D eigenvalue weighted by molar-refractivity contribution is 6.31. The highest BCUT2D eigenvalue weighted by Gasteiger charge is 2.13. The van der Waals surface area contributed by atoms with E-state index in [4.69, 9.17) is 16.3 Å². The van der Waals surface area contributed by atoms with E-state index in [9.17, 15) is 14.4 Å². The summed E-state index contributed by atoms with van der Waals surface area (Å²) in [6.45, 7) is 1.84. The first-order chi connectivity index (χ1) is 14.9. The summed E-state index contributed by atoms with van der Waals surface area (Å²) in [6.07, 6.45) is 1.93. The molecule has 0 aliphatic heterocycles. The molecule has 0 spiro atoms. The first-order valence-electron chi connectivity index (χ1n) is 9.50. The van der Waals surface area contributed by atoms with Crippen LogP contribution in [0, 0.1) is 24.1 Å². The van der Waals surface area contributed by atoms with E-state index in [2.05, 4.69) is 5.32 Å². The predicted molar refractivity (Wildman–Crippen MR) is 121 cm³/mol. The standard InChI is InChI=1S/C25H20ClFN2O2/c1-16-6-8-21(26)14-24(16)29-25(30)20(15-28)12-18-7-9-23(31-2)13-19(18)10-17-4-3-5-22(27)11-17/h3-9,11-14H,10H2,1-2H3,(H,29,30)/b20-12+. The van der Waals surface area contributed by atoms with E-state index in [1.165, 1.54) is 18.2 Å². The maximum absolute atomic E-state index is 13.6. The van der Waals surface area contributed by atoms with Crippen LogP contribution in [0.15, 0.2) is 66.2 Å². The van der Waals surface area contributed by atoms with Crippen LogP contribution in [0.5, 0.6) is 5.75 Å². The van der Waals surface area contributed by atoms with Crippen molar-refractivity contribution in [3.05, 3.63) is 99.3 Å². The van der Waals surface area contributed by atoms with E-state index >= 15 is 0 Å². The van der Waals surface area contributed by atoms with Crippen molar-refractivity contribution < 1.29 is 13.9 Å². The van der Waals surface area contributed by atoms with Crippen LogP contribution in [0.1, 0.15) is 22.3 Å². The molecule has 0 bridgehead atoms. The molecule has 0 aliphatic rings. The maximum atomic E-state index is 13.6. The van der Waals surface area contributed by atoms with Crippen molar-refractivity contribution in [2.45, 2.75) is 13.3 Å². The first-order valence-corrected chi connectivity index (χ1v) is 9.88. The lowest BCUT2D eigenvalue weighted by Gasteiger charge is -2.11. The molecule has 1 N–H and O–H groups in total. The number of anilines is 1. The third-order valence-electron chi connectivity index (χ3n) is 4.75. The van der Waals surface area contributed by atoms with E-state index in [1.54, 1.807) is 43.5 Å². The van der Waals surface area contributed by atoms with Gasteiger partial charge < -0.3 is 10.1 Å². The summed E-state index contributed by atoms with van der Waals surface area (Å²) in [5.41, 5.74) is 3.52. The fourth-order valence-corrected chi connectivity index (χ4v) is 3.26. The van der Waals surface area contributed by atoms with Gasteiger partial charge in [0.2, 0.25) is 0 Å². The van der Waals surface area contributed by atoms with Gasteiger partial charge in [-0.2, -0.15) is 5.26 Å². The number of nitrogens with zero attached hydrogens (tertiary/aromatic N) is 1. The van der Waals surface area contributed by atoms with Crippen LogP contribution in [-0.4, -0.2) is 13.0 Å². The SMILES string of the molecule is COc1ccc(/C=C(\C#N)C(=O)Nc2cc(Cl)ccc2C)c(Cc2cccc(F)c2)c1. The highest BCUT2D eigenvalue weighted by Crippen LogP contribution is 2.25. The van der Waals surface area contributed by atoms with Crippen molar-refractivity contribution >= 4 is 29.3 Å². The number of aryl methyl sites for hydroxylation is 1. The Labute approximate surface area is 185 Å². The number of halogens is 2. The zero-order chi connectivity index (χ0) is 22.4. The average Bonchev–Trinajstić information content (AvgIpc) is 2.75. The lowest BCUT2D eigenvalue weighted by Crippen LogP contribution is -2.14. The Morgan fingerprint density at radius 1 is 1.19 bits per heavy atom. The lowest BCUT2D eigenvalue weighted by molar-refractivity contribution is -0.112. The van der Waals surface area contributed by atoms with Crippen LogP contribution in [0.4, 0.5) is 10.1 Å². The van der Waals surface area contributed by atoms with Crippen molar-refractivity contribution in [1.29, 1.82) is 5.26 Å². The van der Waals surface area contributed by atoms with Crippen molar-refractivity contribution in [1.82, 2.24) is 0 Å². The molecule has 0 fully saturated rings. The largest absolute Gasteiger partial charge is 0.497 e. The molecule has 0 heterocycles. The molecule has 156 valence electrons. The molecule has 1 amide bonds. The molecule has 0 aliphatic carbocycles. The van der Waals surface area contributed by atoms with Crippen molar-refractivity contribution in [3.8, 4) is 11.8 Å². The Hall–Kier alpha value is -3.62. The zero-order valence-corrected chi connectivity index (χ0v) is 17.8. The van der Waals surface area contributed by atoms with Gasteiger partial charge in [-0.05, 0) is 78.1 Å². The van der Waals surface area contributed by atoms with E-state index in [0.717, 1.165) is 16.7 Å². The van der Waals surface area contributed by atoms with Crippen molar-refractivity contribution in [2.75, 3.05) is 12.4 Å². The Morgan fingerprint density at radius 2 is 2.00 bits per heavy atom. The molecule has 3 aromatic carbocycles. The van der Waals surface area contributed by atoms with Gasteiger partial charge in [0.15, 0.2) is 0 Å². The van der Waals surface area contributed by atoms with Crippen molar-refractivity contribution in [3.63, 3.8) is 0 Å². The number of carbonyl (C=O) groups is 1. The van der Waals surface area contributed by atoms with Crippen LogP contribution in [0.3, 0.4) is 0 Å². The molecule has 0 atom stereocenters. The van der Waals surface area contributed by atoms with Gasteiger partial charge in [-0.3, -0.25) is 4.79 Å².